The van der Waals surface area contributed by atoms with Gasteiger partial charge < -0.3 is 10.2 Å². The van der Waals surface area contributed by atoms with E-state index in [0.29, 0.717) is 0 Å². The van der Waals surface area contributed by atoms with Crippen LogP contribution in [0.4, 0.5) is 0 Å². The number of sulfone groups is 1. The molecule has 0 amide bonds. The van der Waals surface area contributed by atoms with Gasteiger partial charge in [-0.3, -0.25) is 0 Å². The van der Waals surface area contributed by atoms with Crippen molar-refractivity contribution >= 4 is 9.84 Å². The van der Waals surface area contributed by atoms with Crippen LogP contribution in [0.1, 0.15) is 33.1 Å². The normalized spacial score (nSPS) is 19.6. The Hall–Kier alpha value is -0.130. The zero-order valence-electron chi connectivity index (χ0n) is 11.1. The van der Waals surface area contributed by atoms with Crippen molar-refractivity contribution < 1.29 is 8.42 Å². The summed E-state index contributed by atoms with van der Waals surface area (Å²) in [5.74, 6) is 0.500. The van der Waals surface area contributed by atoms with Crippen molar-refractivity contribution in [2.75, 3.05) is 37.7 Å². The standard InChI is InChI=1S/C12H26N2O2S/c1-3-17(15,16)11-12(2)13-7-6-10-14-8-4-5-9-14/h12-13H,3-11H2,1-2H3. The van der Waals surface area contributed by atoms with Gasteiger partial charge in [-0.2, -0.15) is 0 Å². The van der Waals surface area contributed by atoms with E-state index in [-0.39, 0.29) is 17.5 Å². The van der Waals surface area contributed by atoms with Crippen molar-refractivity contribution in [2.45, 2.75) is 39.2 Å². The number of nitrogens with one attached hydrogen (secondary N) is 1. The molecule has 1 fully saturated rings. The Kier molecular flexibility index (Phi) is 6.44. The molecule has 0 bridgehead atoms. The quantitative estimate of drug-likeness (QED) is 0.660. The summed E-state index contributed by atoms with van der Waals surface area (Å²) in [7, 11) is -2.84. The summed E-state index contributed by atoms with van der Waals surface area (Å²) in [6, 6.07) is 0.0681. The first-order valence-corrected chi connectivity index (χ1v) is 8.52. The highest BCUT2D eigenvalue weighted by Crippen LogP contribution is 2.06. The first kappa shape index (κ1) is 14.9. The molecule has 0 aromatic carbocycles. The topological polar surface area (TPSA) is 49.4 Å². The Balaban J connectivity index is 2.05. The molecule has 0 spiro atoms. The van der Waals surface area contributed by atoms with Crippen LogP contribution in [0.15, 0.2) is 0 Å². The first-order valence-electron chi connectivity index (χ1n) is 6.69. The maximum Gasteiger partial charge on any atom is 0.151 e. The van der Waals surface area contributed by atoms with Crippen LogP contribution in [-0.4, -0.2) is 57.0 Å². The summed E-state index contributed by atoms with van der Waals surface area (Å²) in [6.07, 6.45) is 3.77. The summed E-state index contributed by atoms with van der Waals surface area (Å²) in [4.78, 5) is 2.48. The maximum atomic E-state index is 11.4. The first-order chi connectivity index (χ1) is 8.03. The van der Waals surface area contributed by atoms with Crippen LogP contribution in [0, 0.1) is 0 Å². The van der Waals surface area contributed by atoms with Gasteiger partial charge in [0, 0.05) is 11.8 Å². The molecular weight excluding hydrogens is 236 g/mol. The van der Waals surface area contributed by atoms with E-state index < -0.39 is 9.84 Å². The lowest BCUT2D eigenvalue weighted by Crippen LogP contribution is -2.35. The molecular formula is C12H26N2O2S. The third kappa shape index (κ3) is 6.38. The van der Waals surface area contributed by atoms with Crippen molar-refractivity contribution in [3.8, 4) is 0 Å². The van der Waals surface area contributed by atoms with Crippen LogP contribution in [0.5, 0.6) is 0 Å². The van der Waals surface area contributed by atoms with E-state index >= 15 is 0 Å². The fourth-order valence-electron chi connectivity index (χ4n) is 2.22. The smallest absolute Gasteiger partial charge is 0.151 e. The van der Waals surface area contributed by atoms with Gasteiger partial charge in [-0.1, -0.05) is 6.92 Å². The molecule has 1 N–H and O–H groups in total. The largest absolute Gasteiger partial charge is 0.313 e. The highest BCUT2D eigenvalue weighted by Gasteiger charge is 2.13. The average Bonchev–Trinajstić information content (AvgIpc) is 2.77. The van der Waals surface area contributed by atoms with E-state index in [4.69, 9.17) is 0 Å². The number of hydrogen-bond donors (Lipinski definition) is 1. The summed E-state index contributed by atoms with van der Waals surface area (Å²) in [5.41, 5.74) is 0. The van der Waals surface area contributed by atoms with E-state index in [1.54, 1.807) is 6.92 Å². The molecule has 5 heteroatoms. The highest BCUT2D eigenvalue weighted by atomic mass is 32.2. The predicted molar refractivity (Wildman–Crippen MR) is 72.1 cm³/mol. The van der Waals surface area contributed by atoms with E-state index in [1.807, 2.05) is 6.92 Å². The van der Waals surface area contributed by atoms with Gasteiger partial charge in [0.25, 0.3) is 0 Å². The van der Waals surface area contributed by atoms with Crippen molar-refractivity contribution in [1.29, 1.82) is 0 Å². The third-order valence-corrected chi connectivity index (χ3v) is 5.17. The molecule has 4 nitrogen and oxygen atoms in total. The second kappa shape index (κ2) is 7.34. The molecule has 0 aliphatic carbocycles. The van der Waals surface area contributed by atoms with E-state index in [9.17, 15) is 8.42 Å². The van der Waals surface area contributed by atoms with Gasteiger partial charge in [-0.25, -0.2) is 8.42 Å². The van der Waals surface area contributed by atoms with Crippen molar-refractivity contribution in [3.05, 3.63) is 0 Å². The molecule has 102 valence electrons. The summed E-state index contributed by atoms with van der Waals surface area (Å²) in [5, 5.41) is 3.29. The third-order valence-electron chi connectivity index (χ3n) is 3.29. The minimum atomic E-state index is -2.84. The lowest BCUT2D eigenvalue weighted by Gasteiger charge is -2.16. The van der Waals surface area contributed by atoms with E-state index in [0.717, 1.165) is 19.5 Å². The summed E-state index contributed by atoms with van der Waals surface area (Å²) >= 11 is 0. The molecule has 0 radical (unpaired) electrons. The summed E-state index contributed by atoms with van der Waals surface area (Å²) in [6.45, 7) is 8.18. The van der Waals surface area contributed by atoms with Crippen LogP contribution in [-0.2, 0) is 9.84 Å². The predicted octanol–water partition coefficient (Wildman–Crippen LogP) is 0.885. The molecule has 1 unspecified atom stereocenters. The molecule has 1 rings (SSSR count). The minimum absolute atomic E-state index is 0.0681. The molecule has 1 saturated heterocycles. The molecule has 1 heterocycles. The fraction of sp³-hybridized carbons (Fsp3) is 1.00. The minimum Gasteiger partial charge on any atom is -0.313 e. The summed E-state index contributed by atoms with van der Waals surface area (Å²) < 4.78 is 22.8. The Morgan fingerprint density at radius 1 is 1.29 bits per heavy atom. The maximum absolute atomic E-state index is 11.4. The Labute approximate surface area is 106 Å². The van der Waals surface area contributed by atoms with Crippen molar-refractivity contribution in [1.82, 2.24) is 10.2 Å². The van der Waals surface area contributed by atoms with Gasteiger partial charge >= 0.3 is 0 Å². The molecule has 1 aliphatic heterocycles. The zero-order chi connectivity index (χ0) is 12.7. The molecule has 0 aromatic heterocycles. The van der Waals surface area contributed by atoms with Gasteiger partial charge in [-0.05, 0) is 52.4 Å². The molecule has 0 saturated carbocycles. The van der Waals surface area contributed by atoms with Gasteiger partial charge in [0.05, 0.1) is 5.75 Å². The zero-order valence-corrected chi connectivity index (χ0v) is 11.9. The van der Waals surface area contributed by atoms with Crippen LogP contribution >= 0.6 is 0 Å². The van der Waals surface area contributed by atoms with Gasteiger partial charge in [0.1, 0.15) is 0 Å². The van der Waals surface area contributed by atoms with Gasteiger partial charge in [0.2, 0.25) is 0 Å². The molecule has 0 aromatic rings. The second-order valence-electron chi connectivity index (χ2n) is 4.96. The molecule has 1 atom stereocenters. The lowest BCUT2D eigenvalue weighted by atomic mass is 10.3. The number of hydrogen-bond acceptors (Lipinski definition) is 4. The molecule has 1 aliphatic rings. The SMILES string of the molecule is CCS(=O)(=O)CC(C)NCCCN1CCCC1. The van der Waals surface area contributed by atoms with Crippen molar-refractivity contribution in [3.63, 3.8) is 0 Å². The number of nitrogens with zero attached hydrogens (tertiary/aromatic N) is 1. The fourth-order valence-corrected chi connectivity index (χ4v) is 3.33. The van der Waals surface area contributed by atoms with E-state index in [1.165, 1.54) is 25.9 Å². The van der Waals surface area contributed by atoms with Gasteiger partial charge in [-0.15, -0.1) is 0 Å². The lowest BCUT2D eigenvalue weighted by molar-refractivity contribution is 0.329. The number of likely N-dealkylation sites (tertiary alicyclic amines) is 1. The Morgan fingerprint density at radius 3 is 2.53 bits per heavy atom. The van der Waals surface area contributed by atoms with Crippen LogP contribution < -0.4 is 5.32 Å². The van der Waals surface area contributed by atoms with Crippen LogP contribution in [0.3, 0.4) is 0 Å². The number of rotatable bonds is 8. The Bertz CT molecular complexity index is 298. The molecule has 17 heavy (non-hydrogen) atoms. The Morgan fingerprint density at radius 2 is 1.94 bits per heavy atom. The van der Waals surface area contributed by atoms with Crippen LogP contribution in [0.25, 0.3) is 0 Å². The highest BCUT2D eigenvalue weighted by molar-refractivity contribution is 7.91. The van der Waals surface area contributed by atoms with Crippen LogP contribution in [0.2, 0.25) is 0 Å². The van der Waals surface area contributed by atoms with Crippen molar-refractivity contribution in [2.24, 2.45) is 0 Å². The monoisotopic (exact) mass is 262 g/mol. The second-order valence-corrected chi connectivity index (χ2v) is 7.35. The van der Waals surface area contributed by atoms with Gasteiger partial charge in [0.15, 0.2) is 9.84 Å². The van der Waals surface area contributed by atoms with E-state index in [2.05, 4.69) is 10.2 Å². The average molecular weight is 262 g/mol.